The first-order chi connectivity index (χ1) is 8.63. The Morgan fingerprint density at radius 2 is 2.28 bits per heavy atom. The van der Waals surface area contributed by atoms with E-state index in [0.717, 1.165) is 0 Å². The number of ether oxygens (including phenoxy) is 2. The van der Waals surface area contributed by atoms with Crippen LogP contribution < -0.4 is 10.1 Å². The van der Waals surface area contributed by atoms with Gasteiger partial charge >= 0.3 is 6.03 Å². The number of carbonyl (C=O) groups excluding carboxylic acids is 1. The minimum Gasteiger partial charge on any atom is -0.467 e. The van der Waals surface area contributed by atoms with Crippen molar-refractivity contribution in [1.82, 2.24) is 4.90 Å². The van der Waals surface area contributed by atoms with E-state index in [4.69, 9.17) is 15.9 Å². The first-order valence-electron chi connectivity index (χ1n) is 5.36. The van der Waals surface area contributed by atoms with Gasteiger partial charge in [-0.05, 0) is 12.1 Å². The molecule has 0 aliphatic carbocycles. The lowest BCUT2D eigenvalue weighted by Gasteiger charge is -2.13. The third kappa shape index (κ3) is 4.76. The second-order valence-electron chi connectivity index (χ2n) is 3.67. The number of nitrogens with zero attached hydrogens (tertiary/aromatic N) is 1. The number of terminal acetylenes is 1. The van der Waals surface area contributed by atoms with Gasteiger partial charge in [0.25, 0.3) is 0 Å². The van der Waals surface area contributed by atoms with Gasteiger partial charge in [0, 0.05) is 25.8 Å². The molecule has 0 unspecified atom stereocenters. The van der Waals surface area contributed by atoms with Gasteiger partial charge in [-0.25, -0.2) is 4.79 Å². The minimum absolute atomic E-state index is 0.0787. The molecule has 0 bridgehead atoms. The predicted octanol–water partition coefficient (Wildman–Crippen LogP) is 1.77. The highest BCUT2D eigenvalue weighted by Crippen LogP contribution is 2.17. The Morgan fingerprint density at radius 3 is 2.94 bits per heavy atom. The van der Waals surface area contributed by atoms with Crippen LogP contribution >= 0.6 is 0 Å². The van der Waals surface area contributed by atoms with E-state index < -0.39 is 0 Å². The summed E-state index contributed by atoms with van der Waals surface area (Å²) in [6, 6.07) is 6.83. The highest BCUT2D eigenvalue weighted by molar-refractivity contribution is 5.89. The summed E-state index contributed by atoms with van der Waals surface area (Å²) in [5.74, 6) is 2.94. The first-order valence-corrected chi connectivity index (χ1v) is 5.36. The van der Waals surface area contributed by atoms with E-state index in [1.807, 2.05) is 0 Å². The summed E-state index contributed by atoms with van der Waals surface area (Å²) in [5, 5.41) is 2.72. The number of amides is 2. The molecule has 96 valence electrons. The van der Waals surface area contributed by atoms with Crippen LogP contribution in [0, 0.1) is 12.3 Å². The molecular weight excluding hydrogens is 232 g/mol. The molecule has 2 amide bonds. The lowest BCUT2D eigenvalue weighted by Crippen LogP contribution is -2.27. The second kappa shape index (κ2) is 7.20. The maximum absolute atomic E-state index is 11.4. The van der Waals surface area contributed by atoms with Crippen LogP contribution in [0.5, 0.6) is 5.75 Å². The topological polar surface area (TPSA) is 50.8 Å². The van der Waals surface area contributed by atoms with E-state index in [1.165, 1.54) is 4.90 Å². The van der Waals surface area contributed by atoms with Crippen molar-refractivity contribution in [2.75, 3.05) is 32.8 Å². The third-order valence-electron chi connectivity index (χ3n) is 1.99. The number of urea groups is 1. The zero-order chi connectivity index (χ0) is 13.4. The zero-order valence-corrected chi connectivity index (χ0v) is 10.5. The van der Waals surface area contributed by atoms with Crippen molar-refractivity contribution in [2.45, 2.75) is 0 Å². The molecule has 5 nitrogen and oxygen atoms in total. The largest absolute Gasteiger partial charge is 0.467 e. The highest BCUT2D eigenvalue weighted by atomic mass is 16.7. The SMILES string of the molecule is C#CCOCOc1cccc(NC(=O)N(C)C)c1. The normalized spacial score (nSPS) is 9.39. The van der Waals surface area contributed by atoms with Gasteiger partial charge in [0.1, 0.15) is 12.4 Å². The van der Waals surface area contributed by atoms with E-state index in [1.54, 1.807) is 38.4 Å². The van der Waals surface area contributed by atoms with E-state index in [0.29, 0.717) is 11.4 Å². The Balaban J connectivity index is 2.52. The quantitative estimate of drug-likeness (QED) is 0.491. The molecule has 0 aliphatic heterocycles. The maximum atomic E-state index is 11.4. The van der Waals surface area contributed by atoms with Crippen LogP contribution in [0.25, 0.3) is 0 Å². The zero-order valence-electron chi connectivity index (χ0n) is 10.5. The van der Waals surface area contributed by atoms with E-state index in [9.17, 15) is 4.79 Å². The average molecular weight is 248 g/mol. The highest BCUT2D eigenvalue weighted by Gasteiger charge is 2.04. The Labute approximate surface area is 107 Å². The lowest BCUT2D eigenvalue weighted by atomic mass is 10.3. The number of anilines is 1. The molecule has 0 atom stereocenters. The summed E-state index contributed by atoms with van der Waals surface area (Å²) in [6.07, 6.45) is 5.03. The van der Waals surface area contributed by atoms with Crippen LogP contribution in [0.2, 0.25) is 0 Å². The van der Waals surface area contributed by atoms with Crippen molar-refractivity contribution >= 4 is 11.7 Å². The molecule has 1 rings (SSSR count). The Morgan fingerprint density at radius 1 is 1.50 bits per heavy atom. The molecular formula is C13H16N2O3. The average Bonchev–Trinajstić information content (AvgIpc) is 2.35. The number of benzene rings is 1. The van der Waals surface area contributed by atoms with Gasteiger partial charge in [0.2, 0.25) is 0 Å². The molecule has 1 N–H and O–H groups in total. The summed E-state index contributed by atoms with van der Waals surface area (Å²) in [5.41, 5.74) is 0.656. The number of nitrogens with one attached hydrogen (secondary N) is 1. The Bertz CT molecular complexity index is 438. The summed E-state index contributed by atoms with van der Waals surface area (Å²) in [7, 11) is 3.34. The predicted molar refractivity (Wildman–Crippen MR) is 69.4 cm³/mol. The summed E-state index contributed by atoms with van der Waals surface area (Å²) < 4.78 is 10.3. The van der Waals surface area contributed by atoms with Crippen LogP contribution in [0.15, 0.2) is 24.3 Å². The van der Waals surface area contributed by atoms with E-state index in [-0.39, 0.29) is 19.4 Å². The Hall–Kier alpha value is -2.19. The molecule has 1 aromatic rings. The molecule has 0 spiro atoms. The van der Waals surface area contributed by atoms with Gasteiger partial charge in [-0.1, -0.05) is 12.0 Å². The monoisotopic (exact) mass is 248 g/mol. The summed E-state index contributed by atoms with van der Waals surface area (Å²) in [6.45, 7) is 0.284. The fourth-order valence-electron chi connectivity index (χ4n) is 1.11. The summed E-state index contributed by atoms with van der Waals surface area (Å²) >= 11 is 0. The first kappa shape index (κ1) is 13.9. The molecule has 1 aromatic carbocycles. The van der Waals surface area contributed by atoms with Crippen molar-refractivity contribution in [3.05, 3.63) is 24.3 Å². The number of hydrogen-bond acceptors (Lipinski definition) is 3. The van der Waals surface area contributed by atoms with Gasteiger partial charge in [-0.2, -0.15) is 0 Å². The second-order valence-corrected chi connectivity index (χ2v) is 3.67. The van der Waals surface area contributed by atoms with Gasteiger partial charge in [-0.15, -0.1) is 6.42 Å². The van der Waals surface area contributed by atoms with Crippen molar-refractivity contribution < 1.29 is 14.3 Å². The fourth-order valence-corrected chi connectivity index (χ4v) is 1.11. The third-order valence-corrected chi connectivity index (χ3v) is 1.99. The van der Waals surface area contributed by atoms with Crippen LogP contribution in [-0.2, 0) is 4.74 Å². The standard InChI is InChI=1S/C13H16N2O3/c1-4-8-17-10-18-12-7-5-6-11(9-12)14-13(16)15(2)3/h1,5-7,9H,8,10H2,2-3H3,(H,14,16). The smallest absolute Gasteiger partial charge is 0.321 e. The maximum Gasteiger partial charge on any atom is 0.321 e. The van der Waals surface area contributed by atoms with Crippen LogP contribution in [0.3, 0.4) is 0 Å². The van der Waals surface area contributed by atoms with Crippen LogP contribution in [0.1, 0.15) is 0 Å². The number of carbonyl (C=O) groups is 1. The fraction of sp³-hybridized carbons (Fsp3) is 0.308. The molecule has 0 aliphatic rings. The molecule has 18 heavy (non-hydrogen) atoms. The van der Waals surface area contributed by atoms with Crippen molar-refractivity contribution in [1.29, 1.82) is 0 Å². The summed E-state index contributed by atoms with van der Waals surface area (Å²) in [4.78, 5) is 12.9. The molecule has 5 heteroatoms. The van der Waals surface area contributed by atoms with Crippen LogP contribution in [-0.4, -0.2) is 38.4 Å². The molecule has 0 heterocycles. The van der Waals surface area contributed by atoms with Crippen LogP contribution in [0.4, 0.5) is 10.5 Å². The minimum atomic E-state index is -0.198. The van der Waals surface area contributed by atoms with E-state index in [2.05, 4.69) is 11.2 Å². The van der Waals surface area contributed by atoms with Gasteiger partial charge < -0.3 is 19.7 Å². The molecule has 0 radical (unpaired) electrons. The van der Waals surface area contributed by atoms with E-state index >= 15 is 0 Å². The lowest BCUT2D eigenvalue weighted by molar-refractivity contribution is 0.0334. The van der Waals surface area contributed by atoms with Crippen molar-refractivity contribution in [3.8, 4) is 18.1 Å². The molecule has 0 saturated heterocycles. The molecule has 0 aromatic heterocycles. The van der Waals surface area contributed by atoms with Gasteiger partial charge in [0.15, 0.2) is 6.79 Å². The molecule has 0 fully saturated rings. The van der Waals surface area contributed by atoms with Crippen molar-refractivity contribution in [2.24, 2.45) is 0 Å². The number of rotatable bonds is 5. The van der Waals surface area contributed by atoms with Crippen molar-refractivity contribution in [3.63, 3.8) is 0 Å². The van der Waals surface area contributed by atoms with Gasteiger partial charge in [-0.3, -0.25) is 0 Å². The number of hydrogen-bond donors (Lipinski definition) is 1. The van der Waals surface area contributed by atoms with Gasteiger partial charge in [0.05, 0.1) is 0 Å². The Kier molecular flexibility index (Phi) is 5.55. The molecule has 0 saturated carbocycles.